The smallest absolute Gasteiger partial charge is 0.408 e. The summed E-state index contributed by atoms with van der Waals surface area (Å²) >= 11 is 0. The first-order valence-corrected chi connectivity index (χ1v) is 11.8. The summed E-state index contributed by atoms with van der Waals surface area (Å²) in [5, 5.41) is 5.74. The molecule has 0 saturated heterocycles. The van der Waals surface area contributed by atoms with Crippen molar-refractivity contribution in [3.05, 3.63) is 102 Å². The molecule has 7 heteroatoms. The topological polar surface area (TPSA) is 103 Å². The zero-order valence-electron chi connectivity index (χ0n) is 19.6. The van der Waals surface area contributed by atoms with Gasteiger partial charge in [0.2, 0.25) is 5.91 Å². The van der Waals surface area contributed by atoms with E-state index >= 15 is 0 Å². The Balaban J connectivity index is 1.39. The molecule has 4 rings (SSSR count). The molecule has 0 aromatic heterocycles. The quantitative estimate of drug-likeness (QED) is 0.412. The van der Waals surface area contributed by atoms with Gasteiger partial charge in [-0.15, -0.1) is 0 Å². The number of rotatable bonds is 10. The van der Waals surface area contributed by atoms with E-state index in [-0.39, 0.29) is 18.6 Å². The van der Waals surface area contributed by atoms with E-state index < -0.39 is 12.1 Å². The van der Waals surface area contributed by atoms with E-state index in [0.717, 1.165) is 24.0 Å². The average Bonchev–Trinajstić information content (AvgIpc) is 2.88. The number of hydrogen-bond donors (Lipinski definition) is 3. The summed E-state index contributed by atoms with van der Waals surface area (Å²) in [5.74, 6) is 0.830. The summed E-state index contributed by atoms with van der Waals surface area (Å²) < 4.78 is 11.2. The fourth-order valence-electron chi connectivity index (χ4n) is 4.01. The maximum absolute atomic E-state index is 13.1. The molecular formula is C28H31N3O4. The normalized spacial score (nSPS) is 17.5. The van der Waals surface area contributed by atoms with Crippen molar-refractivity contribution >= 4 is 12.0 Å². The lowest BCUT2D eigenvalue weighted by atomic mass is 9.80. The van der Waals surface area contributed by atoms with Crippen LogP contribution in [0.3, 0.4) is 0 Å². The number of hydrogen-bond acceptors (Lipinski definition) is 5. The molecule has 1 saturated carbocycles. The van der Waals surface area contributed by atoms with E-state index in [1.807, 2.05) is 60.7 Å². The Kier molecular flexibility index (Phi) is 8.35. The van der Waals surface area contributed by atoms with Gasteiger partial charge in [-0.05, 0) is 54.1 Å². The Labute approximate surface area is 205 Å². The van der Waals surface area contributed by atoms with Gasteiger partial charge in [-0.2, -0.15) is 0 Å². The average molecular weight is 474 g/mol. The predicted octanol–water partition coefficient (Wildman–Crippen LogP) is 4.09. The van der Waals surface area contributed by atoms with Gasteiger partial charge in [-0.1, -0.05) is 72.8 Å². The Morgan fingerprint density at radius 1 is 0.857 bits per heavy atom. The molecule has 0 radical (unpaired) electrons. The Morgan fingerprint density at radius 3 is 2.06 bits per heavy atom. The Bertz CT molecular complexity index is 1080. The zero-order valence-corrected chi connectivity index (χ0v) is 19.6. The number of alkyl carbamates (subject to hydrolysis) is 1. The number of carbonyl (C=O) groups is 2. The second kappa shape index (κ2) is 12.0. The van der Waals surface area contributed by atoms with Gasteiger partial charge in [0.25, 0.3) is 0 Å². The highest BCUT2D eigenvalue weighted by Crippen LogP contribution is 2.27. The van der Waals surface area contributed by atoms with Crippen LogP contribution in [0.4, 0.5) is 4.79 Å². The summed E-state index contributed by atoms with van der Waals surface area (Å²) in [4.78, 5) is 25.6. The van der Waals surface area contributed by atoms with Gasteiger partial charge >= 0.3 is 6.09 Å². The van der Waals surface area contributed by atoms with Gasteiger partial charge in [-0.3, -0.25) is 4.79 Å². The molecular weight excluding hydrogens is 442 g/mol. The van der Waals surface area contributed by atoms with E-state index in [1.54, 1.807) is 24.3 Å². The van der Waals surface area contributed by atoms with E-state index in [1.165, 1.54) is 0 Å². The SMILES string of the molecule is NCC1CC(NC(=O)[C@@H](NC(=O)OCc2ccccc2)c2ccc(OCc3ccccc3)cc2)C1. The lowest BCUT2D eigenvalue weighted by molar-refractivity contribution is -0.124. The van der Waals surface area contributed by atoms with Gasteiger partial charge in [0, 0.05) is 6.04 Å². The largest absolute Gasteiger partial charge is 0.489 e. The van der Waals surface area contributed by atoms with Gasteiger partial charge in [0.1, 0.15) is 25.0 Å². The van der Waals surface area contributed by atoms with Crippen LogP contribution in [0.25, 0.3) is 0 Å². The molecule has 1 aliphatic carbocycles. The molecule has 2 amide bonds. The molecule has 4 N–H and O–H groups in total. The van der Waals surface area contributed by atoms with Crippen LogP contribution in [0.2, 0.25) is 0 Å². The van der Waals surface area contributed by atoms with Crippen LogP contribution in [0.5, 0.6) is 5.75 Å². The summed E-state index contributed by atoms with van der Waals surface area (Å²) in [7, 11) is 0. The van der Waals surface area contributed by atoms with Crippen LogP contribution in [0.15, 0.2) is 84.9 Å². The van der Waals surface area contributed by atoms with Crippen molar-refractivity contribution in [2.45, 2.75) is 38.1 Å². The van der Waals surface area contributed by atoms with Crippen molar-refractivity contribution in [1.29, 1.82) is 0 Å². The molecule has 7 nitrogen and oxygen atoms in total. The minimum absolute atomic E-state index is 0.0640. The van der Waals surface area contributed by atoms with Crippen LogP contribution < -0.4 is 21.1 Å². The first-order chi connectivity index (χ1) is 17.1. The summed E-state index contributed by atoms with van der Waals surface area (Å²) in [6, 6.07) is 25.6. The van der Waals surface area contributed by atoms with Crippen LogP contribution in [0.1, 0.15) is 35.6 Å². The highest BCUT2D eigenvalue weighted by molar-refractivity contribution is 5.87. The third kappa shape index (κ3) is 7.07. The van der Waals surface area contributed by atoms with Crippen molar-refractivity contribution in [3.63, 3.8) is 0 Å². The molecule has 1 fully saturated rings. The van der Waals surface area contributed by atoms with Crippen molar-refractivity contribution in [2.24, 2.45) is 11.7 Å². The minimum atomic E-state index is -0.890. The van der Waals surface area contributed by atoms with Gasteiger partial charge in [0.05, 0.1) is 0 Å². The molecule has 35 heavy (non-hydrogen) atoms. The molecule has 3 aromatic rings. The minimum Gasteiger partial charge on any atom is -0.489 e. The fraction of sp³-hybridized carbons (Fsp3) is 0.286. The third-order valence-corrected chi connectivity index (χ3v) is 6.11. The van der Waals surface area contributed by atoms with Crippen LogP contribution in [-0.2, 0) is 22.7 Å². The van der Waals surface area contributed by atoms with Gasteiger partial charge < -0.3 is 25.8 Å². The summed E-state index contributed by atoms with van der Waals surface area (Å²) in [5.41, 5.74) is 8.27. The number of ether oxygens (including phenoxy) is 2. The maximum Gasteiger partial charge on any atom is 0.408 e. The van der Waals surface area contributed by atoms with E-state index in [0.29, 0.717) is 30.4 Å². The number of amides is 2. The van der Waals surface area contributed by atoms with Crippen molar-refractivity contribution in [3.8, 4) is 5.75 Å². The number of nitrogens with one attached hydrogen (secondary N) is 2. The van der Waals surface area contributed by atoms with Crippen molar-refractivity contribution < 1.29 is 19.1 Å². The highest BCUT2D eigenvalue weighted by atomic mass is 16.5. The molecule has 1 atom stereocenters. The molecule has 0 bridgehead atoms. The van der Waals surface area contributed by atoms with Gasteiger partial charge in [-0.25, -0.2) is 4.79 Å². The van der Waals surface area contributed by atoms with Crippen molar-refractivity contribution in [2.75, 3.05) is 6.54 Å². The third-order valence-electron chi connectivity index (χ3n) is 6.11. The molecule has 182 valence electrons. The zero-order chi connectivity index (χ0) is 24.5. The Morgan fingerprint density at radius 2 is 1.46 bits per heavy atom. The first kappa shape index (κ1) is 24.3. The summed E-state index contributed by atoms with van der Waals surface area (Å²) in [6.07, 6.45) is 1.03. The van der Waals surface area contributed by atoms with E-state index in [2.05, 4.69) is 10.6 Å². The monoisotopic (exact) mass is 473 g/mol. The second-order valence-electron chi connectivity index (χ2n) is 8.76. The fourth-order valence-corrected chi connectivity index (χ4v) is 4.01. The van der Waals surface area contributed by atoms with Crippen LogP contribution in [-0.4, -0.2) is 24.6 Å². The van der Waals surface area contributed by atoms with Gasteiger partial charge in [0.15, 0.2) is 0 Å². The Hall–Kier alpha value is -3.84. The first-order valence-electron chi connectivity index (χ1n) is 11.8. The molecule has 0 aliphatic heterocycles. The standard InChI is InChI=1S/C28H31N3O4/c29-17-22-15-24(16-22)30-27(32)26(31-28(33)35-19-21-9-5-2-6-10-21)23-11-13-25(14-12-23)34-18-20-7-3-1-4-8-20/h1-14,22,24,26H,15-19,29H2,(H,30,32)(H,31,33)/t22?,24?,26-/m0/s1. The molecule has 0 unspecified atom stereocenters. The molecule has 1 aliphatic rings. The lowest BCUT2D eigenvalue weighted by Gasteiger charge is -2.36. The molecule has 0 spiro atoms. The number of carbonyl (C=O) groups excluding carboxylic acids is 2. The number of benzene rings is 3. The molecule has 0 heterocycles. The maximum atomic E-state index is 13.1. The second-order valence-corrected chi connectivity index (χ2v) is 8.76. The predicted molar refractivity (Wildman–Crippen MR) is 133 cm³/mol. The van der Waals surface area contributed by atoms with E-state index in [4.69, 9.17) is 15.2 Å². The van der Waals surface area contributed by atoms with Crippen LogP contribution in [0, 0.1) is 5.92 Å². The lowest BCUT2D eigenvalue weighted by Crippen LogP contribution is -2.50. The van der Waals surface area contributed by atoms with Crippen molar-refractivity contribution in [1.82, 2.24) is 10.6 Å². The van der Waals surface area contributed by atoms with E-state index in [9.17, 15) is 9.59 Å². The molecule has 3 aromatic carbocycles. The van der Waals surface area contributed by atoms with Crippen LogP contribution >= 0.6 is 0 Å². The summed E-state index contributed by atoms with van der Waals surface area (Å²) in [6.45, 7) is 1.18. The highest BCUT2D eigenvalue weighted by Gasteiger charge is 2.32. The number of nitrogens with two attached hydrogens (primary N) is 1.